The van der Waals surface area contributed by atoms with Gasteiger partial charge in [0.2, 0.25) is 5.91 Å². The Morgan fingerprint density at radius 3 is 2.37 bits per heavy atom. The highest BCUT2D eigenvalue weighted by molar-refractivity contribution is 5.88. The van der Waals surface area contributed by atoms with E-state index < -0.39 is 30.1 Å². The van der Waals surface area contributed by atoms with E-state index in [4.69, 9.17) is 0 Å². The number of hydrogen-bond acceptors (Lipinski definition) is 4. The molecular formula is C18H28N2O7. The normalized spacial score (nSPS) is 18.0. The van der Waals surface area contributed by atoms with Crippen molar-refractivity contribution in [1.82, 2.24) is 10.2 Å². The molecule has 3 atom stereocenters. The highest BCUT2D eigenvalue weighted by atomic mass is 16.4. The fourth-order valence-corrected chi connectivity index (χ4v) is 3.14. The van der Waals surface area contributed by atoms with E-state index in [1.54, 1.807) is 6.92 Å². The summed E-state index contributed by atoms with van der Waals surface area (Å²) in [7, 11) is 0. The number of aliphatic carboxylic acids is 2. The molecule has 9 heteroatoms. The summed E-state index contributed by atoms with van der Waals surface area (Å²) in [4.78, 5) is 36.5. The van der Waals surface area contributed by atoms with Gasteiger partial charge in [0.05, 0.1) is 6.04 Å². The number of likely N-dealkylation sites (tertiary alicyclic amines) is 1. The minimum atomic E-state index is -1.02. The molecule has 1 aliphatic heterocycles. The molecule has 1 heterocycles. The zero-order chi connectivity index (χ0) is 18.4. The molecule has 0 aliphatic carbocycles. The van der Waals surface area contributed by atoms with Crippen LogP contribution in [-0.2, 0) is 20.8 Å². The zero-order valence-electron chi connectivity index (χ0n) is 15.2. The number of amides is 1. The number of nitrogens with zero attached hydrogens (tertiary/aromatic N) is 1. The van der Waals surface area contributed by atoms with Crippen molar-refractivity contribution in [2.45, 2.75) is 50.7 Å². The molecule has 0 saturated carbocycles. The predicted molar refractivity (Wildman–Crippen MR) is 98.4 cm³/mol. The lowest BCUT2D eigenvalue weighted by atomic mass is 10.0. The lowest BCUT2D eigenvalue weighted by molar-refractivity contribution is -0.149. The van der Waals surface area contributed by atoms with E-state index in [1.165, 1.54) is 4.90 Å². The molecule has 1 amide bonds. The second kappa shape index (κ2) is 11.3. The standard InChI is InChI=1S/C18H24N2O5.2H2O/c1-12(16(21)20-11-5-8-15(20)18(24)25)19-14(17(22)23)10-9-13-6-3-2-4-7-13;;/h2-4,6-7,12,14-15,19H,5,8-11H2,1H3,(H,22,23)(H,24,25);2*1H2/t12?,14?,15-;;/m0../s1. The molecule has 1 aromatic rings. The van der Waals surface area contributed by atoms with Gasteiger partial charge in [0.25, 0.3) is 0 Å². The first-order valence-corrected chi connectivity index (χ1v) is 8.46. The Bertz CT molecular complexity index is 623. The van der Waals surface area contributed by atoms with Crippen LogP contribution in [-0.4, -0.2) is 68.6 Å². The van der Waals surface area contributed by atoms with Gasteiger partial charge < -0.3 is 26.1 Å². The summed E-state index contributed by atoms with van der Waals surface area (Å²) in [5.74, 6) is -2.40. The third-order valence-electron chi connectivity index (χ3n) is 4.51. The zero-order valence-corrected chi connectivity index (χ0v) is 15.2. The molecule has 2 rings (SSSR count). The largest absolute Gasteiger partial charge is 0.480 e. The maximum atomic E-state index is 12.5. The molecule has 1 aromatic carbocycles. The van der Waals surface area contributed by atoms with Gasteiger partial charge in [-0.15, -0.1) is 0 Å². The van der Waals surface area contributed by atoms with Crippen LogP contribution < -0.4 is 5.32 Å². The van der Waals surface area contributed by atoms with Gasteiger partial charge in [-0.3, -0.25) is 14.9 Å². The number of carboxylic acids is 2. The summed E-state index contributed by atoms with van der Waals surface area (Å²) >= 11 is 0. The molecule has 0 spiro atoms. The Morgan fingerprint density at radius 1 is 1.19 bits per heavy atom. The number of aryl methyl sites for hydroxylation is 1. The van der Waals surface area contributed by atoms with Crippen molar-refractivity contribution in [3.63, 3.8) is 0 Å². The number of nitrogens with one attached hydrogen (secondary N) is 1. The summed E-state index contributed by atoms with van der Waals surface area (Å²) in [6.07, 6.45) is 2.00. The fraction of sp³-hybridized carbons (Fsp3) is 0.500. The first kappa shape index (κ1) is 24.5. The van der Waals surface area contributed by atoms with Crippen molar-refractivity contribution in [3.05, 3.63) is 35.9 Å². The monoisotopic (exact) mass is 384 g/mol. The van der Waals surface area contributed by atoms with Crippen LogP contribution >= 0.6 is 0 Å². The van der Waals surface area contributed by atoms with Crippen molar-refractivity contribution in [2.24, 2.45) is 0 Å². The fourth-order valence-electron chi connectivity index (χ4n) is 3.14. The van der Waals surface area contributed by atoms with Gasteiger partial charge in [-0.1, -0.05) is 30.3 Å². The first-order valence-electron chi connectivity index (χ1n) is 8.46. The van der Waals surface area contributed by atoms with E-state index in [-0.39, 0.29) is 16.9 Å². The van der Waals surface area contributed by atoms with Gasteiger partial charge in [-0.2, -0.15) is 0 Å². The van der Waals surface area contributed by atoms with Gasteiger partial charge in [-0.25, -0.2) is 4.79 Å². The molecule has 27 heavy (non-hydrogen) atoms. The molecule has 1 aliphatic rings. The van der Waals surface area contributed by atoms with Crippen LogP contribution in [0.5, 0.6) is 0 Å². The summed E-state index contributed by atoms with van der Waals surface area (Å²) in [5.41, 5.74) is 1.03. The minimum absolute atomic E-state index is 0. The first-order chi connectivity index (χ1) is 11.9. The summed E-state index contributed by atoms with van der Waals surface area (Å²) in [6.45, 7) is 1.97. The van der Waals surface area contributed by atoms with Gasteiger partial charge in [0.1, 0.15) is 12.1 Å². The lowest BCUT2D eigenvalue weighted by Gasteiger charge is -2.27. The van der Waals surface area contributed by atoms with Crippen LogP contribution in [0.3, 0.4) is 0 Å². The van der Waals surface area contributed by atoms with E-state index in [2.05, 4.69) is 5.32 Å². The molecule has 0 aromatic heterocycles. The van der Waals surface area contributed by atoms with Gasteiger partial charge in [0.15, 0.2) is 0 Å². The predicted octanol–water partition coefficient (Wildman–Crippen LogP) is -0.523. The van der Waals surface area contributed by atoms with Gasteiger partial charge in [-0.05, 0) is 38.2 Å². The van der Waals surface area contributed by atoms with E-state index in [9.17, 15) is 24.6 Å². The van der Waals surface area contributed by atoms with Crippen molar-refractivity contribution < 1.29 is 35.5 Å². The van der Waals surface area contributed by atoms with Crippen LogP contribution in [0.1, 0.15) is 31.7 Å². The number of carbonyl (C=O) groups is 3. The minimum Gasteiger partial charge on any atom is -0.480 e. The Morgan fingerprint density at radius 2 is 1.81 bits per heavy atom. The Hall–Kier alpha value is -2.49. The highest BCUT2D eigenvalue weighted by Crippen LogP contribution is 2.18. The number of rotatable bonds is 8. The van der Waals surface area contributed by atoms with E-state index in [1.807, 2.05) is 30.3 Å². The van der Waals surface area contributed by atoms with Crippen molar-refractivity contribution in [1.29, 1.82) is 0 Å². The van der Waals surface area contributed by atoms with E-state index in [0.717, 1.165) is 5.56 Å². The smallest absolute Gasteiger partial charge is 0.326 e. The summed E-state index contributed by atoms with van der Waals surface area (Å²) in [5, 5.41) is 21.4. The summed E-state index contributed by atoms with van der Waals surface area (Å²) < 4.78 is 0. The lowest BCUT2D eigenvalue weighted by Crippen LogP contribution is -2.53. The molecule has 1 fully saturated rings. The van der Waals surface area contributed by atoms with Gasteiger partial charge >= 0.3 is 11.9 Å². The SMILES string of the molecule is CC(NC(CCc1ccccc1)C(=O)O)C(=O)N1CCC[C@H]1C(=O)O.O.O. The van der Waals surface area contributed by atoms with E-state index in [0.29, 0.717) is 32.2 Å². The quantitative estimate of drug-likeness (QED) is 0.544. The molecule has 9 nitrogen and oxygen atoms in total. The molecule has 1 saturated heterocycles. The topological polar surface area (TPSA) is 170 Å². The molecule has 7 N–H and O–H groups in total. The second-order valence-corrected chi connectivity index (χ2v) is 6.33. The molecule has 152 valence electrons. The Labute approximate surface area is 157 Å². The van der Waals surface area contributed by atoms with Crippen molar-refractivity contribution in [2.75, 3.05) is 6.54 Å². The third kappa shape index (κ3) is 6.63. The molecule has 0 radical (unpaired) electrons. The molecule has 0 bridgehead atoms. The van der Waals surface area contributed by atoms with Crippen LogP contribution in [0.4, 0.5) is 0 Å². The highest BCUT2D eigenvalue weighted by Gasteiger charge is 2.36. The number of benzene rings is 1. The molecular weight excluding hydrogens is 356 g/mol. The average molecular weight is 384 g/mol. The van der Waals surface area contributed by atoms with Crippen LogP contribution in [0, 0.1) is 0 Å². The number of hydrogen-bond donors (Lipinski definition) is 3. The average Bonchev–Trinajstić information content (AvgIpc) is 3.08. The van der Waals surface area contributed by atoms with Crippen LogP contribution in [0.2, 0.25) is 0 Å². The third-order valence-corrected chi connectivity index (χ3v) is 4.51. The summed E-state index contributed by atoms with van der Waals surface area (Å²) in [6, 6.07) is 7.09. The van der Waals surface area contributed by atoms with Crippen LogP contribution in [0.15, 0.2) is 30.3 Å². The number of carboxylic acid groups (broad SMARTS) is 2. The Balaban J connectivity index is 0.00000338. The maximum absolute atomic E-state index is 12.5. The van der Waals surface area contributed by atoms with E-state index >= 15 is 0 Å². The Kier molecular flexibility index (Phi) is 10.2. The number of carbonyl (C=O) groups excluding carboxylic acids is 1. The van der Waals surface area contributed by atoms with Crippen molar-refractivity contribution >= 4 is 17.8 Å². The van der Waals surface area contributed by atoms with Gasteiger partial charge in [0, 0.05) is 6.54 Å². The second-order valence-electron chi connectivity index (χ2n) is 6.33. The van der Waals surface area contributed by atoms with Crippen molar-refractivity contribution in [3.8, 4) is 0 Å². The molecule has 2 unspecified atom stereocenters. The van der Waals surface area contributed by atoms with Crippen LogP contribution in [0.25, 0.3) is 0 Å². The maximum Gasteiger partial charge on any atom is 0.326 e.